The van der Waals surface area contributed by atoms with E-state index in [2.05, 4.69) is 41.8 Å². The Kier molecular flexibility index (Phi) is 5.37. The average molecular weight is 369 g/mol. The molecular weight excluding hydrogens is 336 g/mol. The maximum absolute atomic E-state index is 11.9. The molecule has 3 aliphatic rings. The third kappa shape index (κ3) is 3.83. The van der Waals surface area contributed by atoms with Gasteiger partial charge in [-0.15, -0.1) is 0 Å². The van der Waals surface area contributed by atoms with Crippen molar-refractivity contribution in [3.8, 4) is 0 Å². The van der Waals surface area contributed by atoms with Crippen molar-refractivity contribution in [2.75, 3.05) is 26.2 Å². The van der Waals surface area contributed by atoms with Gasteiger partial charge in [-0.1, -0.05) is 31.2 Å². The van der Waals surface area contributed by atoms with Crippen LogP contribution < -0.4 is 10.6 Å². The number of aryl methyl sites for hydroxylation is 1. The van der Waals surface area contributed by atoms with E-state index in [9.17, 15) is 4.79 Å². The fraction of sp³-hybridized carbons (Fsp3) is 0.636. The van der Waals surface area contributed by atoms with Crippen LogP contribution in [0.1, 0.15) is 50.2 Å². The van der Waals surface area contributed by atoms with Crippen molar-refractivity contribution >= 4 is 11.9 Å². The number of aliphatic imine (C=N–C) groups is 1. The van der Waals surface area contributed by atoms with Crippen LogP contribution in [0.25, 0.3) is 0 Å². The summed E-state index contributed by atoms with van der Waals surface area (Å²) in [5, 5.41) is 6.94. The van der Waals surface area contributed by atoms with Gasteiger partial charge in [0.25, 0.3) is 0 Å². The molecule has 0 spiro atoms. The van der Waals surface area contributed by atoms with Crippen LogP contribution in [0.15, 0.2) is 29.3 Å². The van der Waals surface area contributed by atoms with Crippen molar-refractivity contribution in [3.05, 3.63) is 35.4 Å². The molecule has 5 heteroatoms. The average Bonchev–Trinajstić information content (AvgIpc) is 3.22. The van der Waals surface area contributed by atoms with E-state index in [0.717, 1.165) is 44.5 Å². The summed E-state index contributed by atoms with van der Waals surface area (Å²) in [4.78, 5) is 18.8. The third-order valence-corrected chi connectivity index (χ3v) is 6.48. The molecule has 4 rings (SSSR count). The van der Waals surface area contributed by atoms with Crippen LogP contribution in [0, 0.1) is 11.8 Å². The number of hydrogen-bond donors (Lipinski definition) is 2. The van der Waals surface area contributed by atoms with E-state index in [-0.39, 0.29) is 5.91 Å². The first-order chi connectivity index (χ1) is 13.2. The van der Waals surface area contributed by atoms with E-state index in [1.165, 1.54) is 12.8 Å². The molecule has 1 aromatic rings. The van der Waals surface area contributed by atoms with Gasteiger partial charge in [0.1, 0.15) is 0 Å². The molecule has 0 radical (unpaired) electrons. The molecule has 4 atom stereocenters. The number of carbonyl (C=O) groups excluding carboxylic acids is 1. The van der Waals surface area contributed by atoms with Gasteiger partial charge < -0.3 is 15.5 Å². The number of fused-ring (bicyclic) bond motifs is 3. The minimum Gasteiger partial charge on any atom is -0.357 e. The van der Waals surface area contributed by atoms with Gasteiger partial charge in [-0.2, -0.15) is 0 Å². The number of nitrogens with one attached hydrogen (secondary N) is 2. The number of hydrogen-bond acceptors (Lipinski definition) is 2. The van der Waals surface area contributed by atoms with Gasteiger partial charge in [-0.25, -0.2) is 0 Å². The molecule has 2 N–H and O–H groups in total. The van der Waals surface area contributed by atoms with Crippen molar-refractivity contribution in [1.82, 2.24) is 15.5 Å². The summed E-state index contributed by atoms with van der Waals surface area (Å²) in [6.07, 6.45) is 4.12. The van der Waals surface area contributed by atoms with Gasteiger partial charge in [0, 0.05) is 38.6 Å². The lowest BCUT2D eigenvalue weighted by Crippen LogP contribution is -2.45. The van der Waals surface area contributed by atoms with Gasteiger partial charge in [0.15, 0.2) is 5.96 Å². The molecule has 2 aliphatic carbocycles. The molecule has 0 bridgehead atoms. The Morgan fingerprint density at radius 3 is 2.93 bits per heavy atom. The van der Waals surface area contributed by atoms with Crippen molar-refractivity contribution < 1.29 is 4.79 Å². The van der Waals surface area contributed by atoms with E-state index in [0.29, 0.717) is 24.3 Å². The lowest BCUT2D eigenvalue weighted by atomic mass is 9.92. The summed E-state index contributed by atoms with van der Waals surface area (Å²) in [5.74, 6) is 3.37. The molecule has 1 aromatic carbocycles. The fourth-order valence-corrected chi connectivity index (χ4v) is 5.00. The zero-order valence-electron chi connectivity index (χ0n) is 16.6. The smallest absolute Gasteiger partial charge is 0.222 e. The number of rotatable bonds is 5. The first-order valence-electron chi connectivity index (χ1n) is 10.6. The Labute approximate surface area is 162 Å². The van der Waals surface area contributed by atoms with E-state index < -0.39 is 0 Å². The lowest BCUT2D eigenvalue weighted by Gasteiger charge is -2.18. The second-order valence-corrected chi connectivity index (χ2v) is 8.13. The van der Waals surface area contributed by atoms with E-state index in [4.69, 9.17) is 4.99 Å². The van der Waals surface area contributed by atoms with Gasteiger partial charge in [0.05, 0.1) is 0 Å². The predicted molar refractivity (Wildman–Crippen MR) is 109 cm³/mol. The van der Waals surface area contributed by atoms with Crippen molar-refractivity contribution in [1.29, 1.82) is 0 Å². The highest BCUT2D eigenvalue weighted by Crippen LogP contribution is 2.59. The van der Waals surface area contributed by atoms with Crippen molar-refractivity contribution in [2.45, 2.75) is 51.5 Å². The number of likely N-dealkylation sites (tertiary alicyclic amines) is 1. The van der Waals surface area contributed by atoms with Crippen LogP contribution in [-0.4, -0.2) is 49.0 Å². The highest BCUT2D eigenvalue weighted by molar-refractivity contribution is 5.80. The molecule has 5 nitrogen and oxygen atoms in total. The molecule has 146 valence electrons. The van der Waals surface area contributed by atoms with Crippen LogP contribution in [0.4, 0.5) is 0 Å². The van der Waals surface area contributed by atoms with Gasteiger partial charge in [-0.3, -0.25) is 9.79 Å². The topological polar surface area (TPSA) is 56.7 Å². The third-order valence-electron chi connectivity index (χ3n) is 6.48. The van der Waals surface area contributed by atoms with Gasteiger partial charge in [-0.05, 0) is 55.1 Å². The van der Waals surface area contributed by atoms with Crippen LogP contribution >= 0.6 is 0 Å². The quantitative estimate of drug-likeness (QED) is 0.620. The van der Waals surface area contributed by atoms with E-state index >= 15 is 0 Å². The molecule has 1 saturated carbocycles. The summed E-state index contributed by atoms with van der Waals surface area (Å²) >= 11 is 0. The van der Waals surface area contributed by atoms with Crippen LogP contribution in [-0.2, 0) is 11.2 Å². The number of amides is 1. The van der Waals surface area contributed by atoms with E-state index in [1.807, 2.05) is 11.8 Å². The summed E-state index contributed by atoms with van der Waals surface area (Å²) in [6, 6.07) is 9.25. The second-order valence-electron chi connectivity index (χ2n) is 8.13. The molecule has 2 fully saturated rings. The van der Waals surface area contributed by atoms with E-state index in [1.54, 1.807) is 11.1 Å². The highest BCUT2D eigenvalue weighted by Gasteiger charge is 2.52. The monoisotopic (exact) mass is 368 g/mol. The highest BCUT2D eigenvalue weighted by atomic mass is 16.2. The minimum absolute atomic E-state index is 0.252. The standard InChI is InChI=1S/C22H32N4O/c1-3-20(27)26-12-11-16(14-26)25-22(23-4-2)24-13-19-18-10-9-15-7-5-6-8-17(15)21(18)19/h5-8,16,18-19,21H,3-4,9-14H2,1-2H3,(H2,23,24,25). The Balaban J connectivity index is 1.35. The zero-order valence-corrected chi connectivity index (χ0v) is 16.6. The van der Waals surface area contributed by atoms with Crippen LogP contribution in [0.5, 0.6) is 0 Å². The molecule has 4 unspecified atom stereocenters. The summed E-state index contributed by atoms with van der Waals surface area (Å²) in [5.41, 5.74) is 3.11. The predicted octanol–water partition coefficient (Wildman–Crippen LogP) is 2.53. The molecular formula is C22H32N4O. The molecule has 1 saturated heterocycles. The summed E-state index contributed by atoms with van der Waals surface area (Å²) in [6.45, 7) is 7.43. The normalized spacial score (nSPS) is 29.1. The number of guanidine groups is 1. The molecule has 1 amide bonds. The summed E-state index contributed by atoms with van der Waals surface area (Å²) < 4.78 is 0. The SMILES string of the molecule is CCNC(=NCC1C2CCc3ccccc3C21)NC1CCN(C(=O)CC)C1. The number of nitrogens with zero attached hydrogens (tertiary/aromatic N) is 2. The largest absolute Gasteiger partial charge is 0.357 e. The molecule has 1 aliphatic heterocycles. The Hall–Kier alpha value is -2.04. The first-order valence-corrected chi connectivity index (χ1v) is 10.6. The Bertz CT molecular complexity index is 716. The molecule has 1 heterocycles. The van der Waals surface area contributed by atoms with Gasteiger partial charge in [0.2, 0.25) is 5.91 Å². The first kappa shape index (κ1) is 18.3. The molecule has 0 aromatic heterocycles. The summed E-state index contributed by atoms with van der Waals surface area (Å²) in [7, 11) is 0. The van der Waals surface area contributed by atoms with Crippen LogP contribution in [0.3, 0.4) is 0 Å². The maximum atomic E-state index is 11.9. The number of benzene rings is 1. The van der Waals surface area contributed by atoms with Crippen molar-refractivity contribution in [3.63, 3.8) is 0 Å². The lowest BCUT2D eigenvalue weighted by molar-refractivity contribution is -0.129. The molecule has 27 heavy (non-hydrogen) atoms. The van der Waals surface area contributed by atoms with Gasteiger partial charge >= 0.3 is 0 Å². The van der Waals surface area contributed by atoms with Crippen LogP contribution in [0.2, 0.25) is 0 Å². The Morgan fingerprint density at radius 2 is 2.11 bits per heavy atom. The number of carbonyl (C=O) groups is 1. The Morgan fingerprint density at radius 1 is 1.26 bits per heavy atom. The maximum Gasteiger partial charge on any atom is 0.222 e. The van der Waals surface area contributed by atoms with Crippen molar-refractivity contribution in [2.24, 2.45) is 16.8 Å². The second kappa shape index (κ2) is 7.91. The zero-order chi connectivity index (χ0) is 18.8. The minimum atomic E-state index is 0.252. The fourth-order valence-electron chi connectivity index (χ4n) is 5.00.